The van der Waals surface area contributed by atoms with Gasteiger partial charge in [0.2, 0.25) is 0 Å². The van der Waals surface area contributed by atoms with Gasteiger partial charge in [-0.15, -0.1) is 0 Å². The third-order valence-electron chi connectivity index (χ3n) is 3.58. The van der Waals surface area contributed by atoms with Crippen molar-refractivity contribution in [2.75, 3.05) is 25.2 Å². The Morgan fingerprint density at radius 1 is 1.35 bits per heavy atom. The number of benzene rings is 1. The van der Waals surface area contributed by atoms with E-state index in [1.54, 1.807) is 12.1 Å². The fraction of sp³-hybridized carbons (Fsp3) is 0.533. The SMILES string of the molecule is COC(=O)C(COc1ccc(Cl)cc1)C1CCSCC1. The molecule has 1 atom stereocenters. The Morgan fingerprint density at radius 2 is 2.00 bits per heavy atom. The number of rotatable bonds is 5. The zero-order valence-corrected chi connectivity index (χ0v) is 13.1. The Labute approximate surface area is 129 Å². The van der Waals surface area contributed by atoms with Gasteiger partial charge >= 0.3 is 5.97 Å². The zero-order valence-electron chi connectivity index (χ0n) is 11.5. The molecule has 0 N–H and O–H groups in total. The Balaban J connectivity index is 1.96. The smallest absolute Gasteiger partial charge is 0.312 e. The van der Waals surface area contributed by atoms with E-state index in [0.29, 0.717) is 17.5 Å². The van der Waals surface area contributed by atoms with E-state index in [-0.39, 0.29) is 11.9 Å². The minimum Gasteiger partial charge on any atom is -0.493 e. The van der Waals surface area contributed by atoms with Crippen LogP contribution >= 0.6 is 23.4 Å². The maximum absolute atomic E-state index is 12.0. The normalized spacial score (nSPS) is 17.5. The molecule has 1 aliphatic rings. The fourth-order valence-corrected chi connectivity index (χ4v) is 3.65. The van der Waals surface area contributed by atoms with E-state index in [1.807, 2.05) is 23.9 Å². The third kappa shape index (κ3) is 4.32. The first-order chi connectivity index (χ1) is 9.70. The number of hydrogen-bond acceptors (Lipinski definition) is 4. The number of methoxy groups -OCH3 is 1. The minimum atomic E-state index is -0.184. The second-order valence-corrected chi connectivity index (χ2v) is 6.51. The predicted octanol–water partition coefficient (Wildman–Crippen LogP) is 3.65. The van der Waals surface area contributed by atoms with Gasteiger partial charge in [-0.1, -0.05) is 11.6 Å². The molecular formula is C15H19ClO3S. The summed E-state index contributed by atoms with van der Waals surface area (Å²) in [6.07, 6.45) is 2.10. The summed E-state index contributed by atoms with van der Waals surface area (Å²) in [6, 6.07) is 7.18. The molecule has 110 valence electrons. The van der Waals surface area contributed by atoms with Crippen molar-refractivity contribution in [1.29, 1.82) is 0 Å². The van der Waals surface area contributed by atoms with Crippen molar-refractivity contribution in [2.24, 2.45) is 11.8 Å². The van der Waals surface area contributed by atoms with Gasteiger partial charge in [0.05, 0.1) is 13.0 Å². The van der Waals surface area contributed by atoms with Crippen molar-refractivity contribution in [3.8, 4) is 5.75 Å². The van der Waals surface area contributed by atoms with Crippen molar-refractivity contribution < 1.29 is 14.3 Å². The monoisotopic (exact) mass is 314 g/mol. The second kappa shape index (κ2) is 7.79. The number of carbonyl (C=O) groups excluding carboxylic acids is 1. The first-order valence-corrected chi connectivity index (χ1v) is 8.28. The highest BCUT2D eigenvalue weighted by Gasteiger charge is 2.31. The van der Waals surface area contributed by atoms with Crippen LogP contribution in [0.25, 0.3) is 0 Å². The summed E-state index contributed by atoms with van der Waals surface area (Å²) in [5.74, 6) is 2.95. The molecule has 1 saturated heterocycles. The van der Waals surface area contributed by atoms with Gasteiger partial charge in [-0.2, -0.15) is 11.8 Å². The second-order valence-electron chi connectivity index (χ2n) is 4.84. The molecule has 0 radical (unpaired) electrons. The van der Waals surface area contributed by atoms with Crippen molar-refractivity contribution in [1.82, 2.24) is 0 Å². The van der Waals surface area contributed by atoms with Gasteiger partial charge in [-0.3, -0.25) is 4.79 Å². The molecule has 1 fully saturated rings. The highest BCUT2D eigenvalue weighted by molar-refractivity contribution is 7.99. The van der Waals surface area contributed by atoms with Gasteiger partial charge in [-0.25, -0.2) is 0 Å². The number of esters is 1. The number of carbonyl (C=O) groups is 1. The van der Waals surface area contributed by atoms with Gasteiger partial charge in [0.25, 0.3) is 0 Å². The van der Waals surface area contributed by atoms with Crippen LogP contribution < -0.4 is 4.74 Å². The Morgan fingerprint density at radius 3 is 2.60 bits per heavy atom. The Kier molecular flexibility index (Phi) is 6.05. The van der Waals surface area contributed by atoms with E-state index in [1.165, 1.54) is 7.11 Å². The first kappa shape index (κ1) is 15.5. The van der Waals surface area contributed by atoms with Crippen LogP contribution in [0.3, 0.4) is 0 Å². The highest BCUT2D eigenvalue weighted by atomic mass is 35.5. The van der Waals surface area contributed by atoms with Crippen LogP contribution in [0.2, 0.25) is 5.02 Å². The largest absolute Gasteiger partial charge is 0.493 e. The van der Waals surface area contributed by atoms with Gasteiger partial charge in [-0.05, 0) is 54.5 Å². The van der Waals surface area contributed by atoms with Crippen molar-refractivity contribution in [3.05, 3.63) is 29.3 Å². The van der Waals surface area contributed by atoms with E-state index in [0.717, 1.165) is 30.1 Å². The number of hydrogen-bond donors (Lipinski definition) is 0. The van der Waals surface area contributed by atoms with Crippen molar-refractivity contribution in [2.45, 2.75) is 12.8 Å². The maximum Gasteiger partial charge on any atom is 0.312 e. The Bertz CT molecular complexity index is 429. The van der Waals surface area contributed by atoms with Crippen molar-refractivity contribution in [3.63, 3.8) is 0 Å². The molecule has 0 aliphatic carbocycles. The maximum atomic E-state index is 12.0. The quantitative estimate of drug-likeness (QED) is 0.777. The molecule has 0 amide bonds. The molecular weight excluding hydrogens is 296 g/mol. The van der Waals surface area contributed by atoms with E-state index in [4.69, 9.17) is 21.1 Å². The molecule has 3 nitrogen and oxygen atoms in total. The van der Waals surface area contributed by atoms with Crippen LogP contribution in [0.5, 0.6) is 5.75 Å². The summed E-state index contributed by atoms with van der Waals surface area (Å²) in [5.41, 5.74) is 0. The zero-order chi connectivity index (χ0) is 14.4. The molecule has 0 spiro atoms. The average molecular weight is 315 g/mol. The van der Waals surface area contributed by atoms with Crippen LogP contribution in [0, 0.1) is 11.8 Å². The number of ether oxygens (including phenoxy) is 2. The van der Waals surface area contributed by atoms with E-state index < -0.39 is 0 Å². The standard InChI is InChI=1S/C15H19ClO3S/c1-18-15(17)14(11-6-8-20-9-7-11)10-19-13-4-2-12(16)3-5-13/h2-5,11,14H,6-10H2,1H3. The summed E-state index contributed by atoms with van der Waals surface area (Å²) in [5, 5.41) is 0.672. The third-order valence-corrected chi connectivity index (χ3v) is 4.88. The van der Waals surface area contributed by atoms with Crippen LogP contribution in [0.1, 0.15) is 12.8 Å². The lowest BCUT2D eigenvalue weighted by Gasteiger charge is -2.28. The topological polar surface area (TPSA) is 35.5 Å². The molecule has 1 aromatic rings. The number of halogens is 1. The van der Waals surface area contributed by atoms with Crippen molar-refractivity contribution >= 4 is 29.3 Å². The molecule has 1 aromatic carbocycles. The summed E-state index contributed by atoms with van der Waals surface area (Å²) in [4.78, 5) is 12.0. The van der Waals surface area contributed by atoms with Gasteiger partial charge in [0, 0.05) is 5.02 Å². The Hall–Kier alpha value is -0.870. The van der Waals surface area contributed by atoms with Gasteiger partial charge in [0.1, 0.15) is 12.4 Å². The molecule has 2 rings (SSSR count). The fourth-order valence-electron chi connectivity index (χ4n) is 2.38. The average Bonchev–Trinajstić information content (AvgIpc) is 2.50. The van der Waals surface area contributed by atoms with Crippen LogP contribution in [-0.4, -0.2) is 31.2 Å². The van der Waals surface area contributed by atoms with E-state index in [2.05, 4.69) is 0 Å². The highest BCUT2D eigenvalue weighted by Crippen LogP contribution is 2.30. The summed E-state index contributed by atoms with van der Waals surface area (Å²) < 4.78 is 10.7. The molecule has 0 saturated carbocycles. The molecule has 1 aliphatic heterocycles. The molecule has 0 bridgehead atoms. The van der Waals surface area contributed by atoms with Gasteiger partial charge in [0.15, 0.2) is 0 Å². The molecule has 5 heteroatoms. The van der Waals surface area contributed by atoms with Gasteiger partial charge < -0.3 is 9.47 Å². The van der Waals surface area contributed by atoms with Crippen LogP contribution in [-0.2, 0) is 9.53 Å². The van der Waals surface area contributed by atoms with E-state index in [9.17, 15) is 4.79 Å². The molecule has 0 aromatic heterocycles. The molecule has 20 heavy (non-hydrogen) atoms. The summed E-state index contributed by atoms with van der Waals surface area (Å²) in [6.45, 7) is 0.365. The number of thioether (sulfide) groups is 1. The lowest BCUT2D eigenvalue weighted by molar-refractivity contribution is -0.148. The minimum absolute atomic E-state index is 0.170. The first-order valence-electron chi connectivity index (χ1n) is 6.74. The van der Waals surface area contributed by atoms with Crippen LogP contribution in [0.4, 0.5) is 0 Å². The summed E-state index contributed by atoms with van der Waals surface area (Å²) >= 11 is 7.78. The summed E-state index contributed by atoms with van der Waals surface area (Å²) in [7, 11) is 1.44. The lowest BCUT2D eigenvalue weighted by Crippen LogP contribution is -2.32. The lowest BCUT2D eigenvalue weighted by atomic mass is 9.88. The van der Waals surface area contributed by atoms with Crippen LogP contribution in [0.15, 0.2) is 24.3 Å². The molecule has 1 unspecified atom stereocenters. The molecule has 1 heterocycles. The van der Waals surface area contributed by atoms with E-state index >= 15 is 0 Å². The predicted molar refractivity (Wildman–Crippen MR) is 82.5 cm³/mol.